The molecule has 0 radical (unpaired) electrons. The summed E-state index contributed by atoms with van der Waals surface area (Å²) in [4.78, 5) is 11.2. The van der Waals surface area contributed by atoms with Crippen LogP contribution in [0.3, 0.4) is 0 Å². The summed E-state index contributed by atoms with van der Waals surface area (Å²) in [5.74, 6) is 1.62. The Bertz CT molecular complexity index is 448. The maximum absolute atomic E-state index is 11.2. The largest absolute Gasteiger partial charge is 0.489 e. The smallest absolute Gasteiger partial charge is 0.153 e. The molecule has 1 aliphatic rings. The Labute approximate surface area is 123 Å². The van der Waals surface area contributed by atoms with Gasteiger partial charge in [-0.15, -0.1) is 0 Å². The van der Waals surface area contributed by atoms with Gasteiger partial charge in [0, 0.05) is 4.47 Å². The lowest BCUT2D eigenvalue weighted by atomic mass is 9.86. The minimum Gasteiger partial charge on any atom is -0.489 e. The van der Waals surface area contributed by atoms with Crippen LogP contribution < -0.4 is 4.74 Å². The van der Waals surface area contributed by atoms with Crippen molar-refractivity contribution in [3.05, 3.63) is 27.7 Å². The molecule has 1 aromatic rings. The van der Waals surface area contributed by atoms with Gasteiger partial charge in [0.1, 0.15) is 5.75 Å². The second kappa shape index (κ2) is 6.56. The number of ether oxygens (including phenoxy) is 1. The van der Waals surface area contributed by atoms with Gasteiger partial charge < -0.3 is 4.74 Å². The van der Waals surface area contributed by atoms with E-state index in [1.54, 1.807) is 0 Å². The average molecular weight is 325 g/mol. The number of hydrogen-bond acceptors (Lipinski definition) is 2. The van der Waals surface area contributed by atoms with Gasteiger partial charge in [-0.3, -0.25) is 4.79 Å². The van der Waals surface area contributed by atoms with Crippen LogP contribution in [0.2, 0.25) is 0 Å². The Kier molecular flexibility index (Phi) is 5.03. The molecule has 0 saturated heterocycles. The Morgan fingerprint density at radius 1 is 1.32 bits per heavy atom. The van der Waals surface area contributed by atoms with Crippen molar-refractivity contribution in [1.29, 1.82) is 0 Å². The number of halogens is 1. The highest BCUT2D eigenvalue weighted by Gasteiger charge is 2.22. The van der Waals surface area contributed by atoms with Gasteiger partial charge in [-0.25, -0.2) is 0 Å². The third kappa shape index (κ3) is 3.59. The second-order valence-electron chi connectivity index (χ2n) is 5.43. The molecule has 19 heavy (non-hydrogen) atoms. The van der Waals surface area contributed by atoms with Gasteiger partial charge in [0.25, 0.3) is 0 Å². The van der Waals surface area contributed by atoms with Gasteiger partial charge in [-0.05, 0) is 56.2 Å². The molecule has 0 unspecified atom stereocenters. The zero-order chi connectivity index (χ0) is 13.8. The van der Waals surface area contributed by atoms with E-state index in [1.165, 1.54) is 19.3 Å². The summed E-state index contributed by atoms with van der Waals surface area (Å²) in [5.41, 5.74) is 1.67. The fourth-order valence-electron chi connectivity index (χ4n) is 2.83. The molecule has 2 rings (SSSR count). The third-order valence-corrected chi connectivity index (χ3v) is 4.51. The van der Waals surface area contributed by atoms with Gasteiger partial charge in [0.15, 0.2) is 6.29 Å². The summed E-state index contributed by atoms with van der Waals surface area (Å²) in [6, 6.07) is 3.83. The molecule has 1 saturated carbocycles. The predicted octanol–water partition coefficient (Wildman–Crippen LogP) is 4.92. The van der Waals surface area contributed by atoms with Crippen LogP contribution in [0.1, 0.15) is 54.9 Å². The molecule has 0 N–H and O–H groups in total. The van der Waals surface area contributed by atoms with Crippen molar-refractivity contribution in [2.45, 2.75) is 52.1 Å². The van der Waals surface area contributed by atoms with Gasteiger partial charge >= 0.3 is 0 Å². The number of benzene rings is 1. The second-order valence-corrected chi connectivity index (χ2v) is 6.34. The van der Waals surface area contributed by atoms with Crippen LogP contribution in [-0.4, -0.2) is 12.4 Å². The maximum Gasteiger partial charge on any atom is 0.153 e. The fourth-order valence-corrected chi connectivity index (χ4v) is 3.42. The first-order chi connectivity index (χ1) is 9.13. The fraction of sp³-hybridized carbons (Fsp3) is 0.562. The maximum atomic E-state index is 11.2. The van der Waals surface area contributed by atoms with Crippen LogP contribution >= 0.6 is 15.9 Å². The summed E-state index contributed by atoms with van der Waals surface area (Å²) >= 11 is 3.42. The predicted molar refractivity (Wildman–Crippen MR) is 80.9 cm³/mol. The first kappa shape index (κ1) is 14.6. The van der Waals surface area contributed by atoms with E-state index in [-0.39, 0.29) is 6.10 Å². The quantitative estimate of drug-likeness (QED) is 0.735. The van der Waals surface area contributed by atoms with Crippen LogP contribution in [0.15, 0.2) is 16.6 Å². The van der Waals surface area contributed by atoms with Crippen LogP contribution in [-0.2, 0) is 0 Å². The first-order valence-electron chi connectivity index (χ1n) is 7.06. The van der Waals surface area contributed by atoms with Crippen molar-refractivity contribution < 1.29 is 9.53 Å². The molecule has 2 nitrogen and oxygen atoms in total. The molecule has 0 spiro atoms. The molecule has 104 valence electrons. The first-order valence-corrected chi connectivity index (χ1v) is 7.85. The van der Waals surface area contributed by atoms with E-state index >= 15 is 0 Å². The average Bonchev–Trinajstić information content (AvgIpc) is 2.42. The van der Waals surface area contributed by atoms with E-state index in [2.05, 4.69) is 22.9 Å². The SMILES string of the molecule is CCC1CCC(Oc2c(C)cc(Br)cc2C=O)CC1. The van der Waals surface area contributed by atoms with E-state index < -0.39 is 0 Å². The van der Waals surface area contributed by atoms with Crippen LogP contribution in [0.5, 0.6) is 5.75 Å². The lowest BCUT2D eigenvalue weighted by Gasteiger charge is -2.29. The summed E-state index contributed by atoms with van der Waals surface area (Å²) < 4.78 is 7.03. The van der Waals surface area contributed by atoms with Crippen LogP contribution in [0.4, 0.5) is 0 Å². The Balaban J connectivity index is 2.09. The minimum atomic E-state index is 0.265. The van der Waals surface area contributed by atoms with Crippen molar-refractivity contribution in [2.75, 3.05) is 0 Å². The van der Waals surface area contributed by atoms with Crippen molar-refractivity contribution in [3.8, 4) is 5.75 Å². The molecule has 1 aliphatic carbocycles. The zero-order valence-corrected chi connectivity index (χ0v) is 13.2. The molecule has 1 fully saturated rings. The molecule has 1 aromatic carbocycles. The molecule has 3 heteroatoms. The lowest BCUT2D eigenvalue weighted by Crippen LogP contribution is -2.24. The van der Waals surface area contributed by atoms with Gasteiger partial charge in [-0.2, -0.15) is 0 Å². The van der Waals surface area contributed by atoms with Gasteiger partial charge in [0.2, 0.25) is 0 Å². The topological polar surface area (TPSA) is 26.3 Å². The van der Waals surface area contributed by atoms with Crippen LogP contribution in [0.25, 0.3) is 0 Å². The lowest BCUT2D eigenvalue weighted by molar-refractivity contribution is 0.109. The van der Waals surface area contributed by atoms with Crippen molar-refractivity contribution >= 4 is 22.2 Å². The van der Waals surface area contributed by atoms with Gasteiger partial charge in [0.05, 0.1) is 11.7 Å². The van der Waals surface area contributed by atoms with E-state index in [4.69, 9.17) is 4.74 Å². The normalized spacial score (nSPS) is 23.1. The molecular weight excluding hydrogens is 304 g/mol. The van der Waals surface area contributed by atoms with Crippen molar-refractivity contribution in [3.63, 3.8) is 0 Å². The molecule has 0 aliphatic heterocycles. The third-order valence-electron chi connectivity index (χ3n) is 4.05. The van der Waals surface area contributed by atoms with E-state index in [0.717, 1.165) is 40.8 Å². The molecule has 0 bridgehead atoms. The number of hydrogen-bond donors (Lipinski definition) is 0. The zero-order valence-electron chi connectivity index (χ0n) is 11.6. The standard InChI is InChI=1S/C16H21BrO2/c1-3-12-4-6-15(7-5-12)19-16-11(2)8-14(17)9-13(16)10-18/h8-10,12,15H,3-7H2,1-2H3. The molecule has 0 amide bonds. The van der Waals surface area contributed by atoms with Gasteiger partial charge in [-0.1, -0.05) is 29.3 Å². The number of carbonyl (C=O) groups is 1. The number of aldehydes is 1. The minimum absolute atomic E-state index is 0.265. The van der Waals surface area contributed by atoms with Crippen LogP contribution in [0, 0.1) is 12.8 Å². The number of carbonyl (C=O) groups excluding carboxylic acids is 1. The highest BCUT2D eigenvalue weighted by atomic mass is 79.9. The number of rotatable bonds is 4. The summed E-state index contributed by atoms with van der Waals surface area (Å²) in [7, 11) is 0. The molecular formula is C16H21BrO2. The summed E-state index contributed by atoms with van der Waals surface area (Å²) in [6.07, 6.45) is 7.11. The molecule has 0 aromatic heterocycles. The van der Waals surface area contributed by atoms with E-state index in [0.29, 0.717) is 5.56 Å². The number of aryl methyl sites for hydroxylation is 1. The monoisotopic (exact) mass is 324 g/mol. The Morgan fingerprint density at radius 3 is 2.58 bits per heavy atom. The Morgan fingerprint density at radius 2 is 2.00 bits per heavy atom. The van der Waals surface area contributed by atoms with E-state index in [9.17, 15) is 4.79 Å². The molecule has 0 atom stereocenters. The van der Waals surface area contributed by atoms with E-state index in [1.807, 2.05) is 19.1 Å². The molecule has 0 heterocycles. The Hall–Kier alpha value is -0.830. The van der Waals surface area contributed by atoms with Crippen molar-refractivity contribution in [2.24, 2.45) is 5.92 Å². The summed E-state index contributed by atoms with van der Waals surface area (Å²) in [6.45, 7) is 4.25. The highest BCUT2D eigenvalue weighted by Crippen LogP contribution is 2.33. The summed E-state index contributed by atoms with van der Waals surface area (Å²) in [5, 5.41) is 0. The van der Waals surface area contributed by atoms with Crippen molar-refractivity contribution in [1.82, 2.24) is 0 Å². The highest BCUT2D eigenvalue weighted by molar-refractivity contribution is 9.10.